The first kappa shape index (κ1) is 12.6. The Morgan fingerprint density at radius 3 is 3.00 bits per heavy atom. The molecule has 100 valence electrons. The van der Waals surface area contributed by atoms with E-state index in [-0.39, 0.29) is 5.41 Å². The van der Waals surface area contributed by atoms with E-state index >= 15 is 0 Å². The van der Waals surface area contributed by atoms with E-state index in [0.29, 0.717) is 6.54 Å². The van der Waals surface area contributed by atoms with Crippen molar-refractivity contribution in [1.82, 2.24) is 4.98 Å². The number of aromatic nitrogens is 1. The van der Waals surface area contributed by atoms with Crippen molar-refractivity contribution >= 4 is 11.3 Å². The van der Waals surface area contributed by atoms with Gasteiger partial charge in [0.1, 0.15) is 5.75 Å². The SMILES string of the molecule is Cc1nc(CC2(CN)CCOc3ccccc32)cs1. The first-order valence-electron chi connectivity index (χ1n) is 6.57. The summed E-state index contributed by atoms with van der Waals surface area (Å²) in [5, 5.41) is 3.26. The molecule has 1 unspecified atom stereocenters. The van der Waals surface area contributed by atoms with Crippen LogP contribution in [0.4, 0.5) is 0 Å². The number of nitrogens with two attached hydrogens (primary N) is 1. The predicted molar refractivity (Wildman–Crippen MR) is 77.8 cm³/mol. The summed E-state index contributed by atoms with van der Waals surface area (Å²) in [6, 6.07) is 8.24. The second kappa shape index (κ2) is 4.94. The molecule has 1 atom stereocenters. The van der Waals surface area contributed by atoms with Crippen LogP contribution < -0.4 is 10.5 Å². The van der Waals surface area contributed by atoms with Crippen LogP contribution in [0, 0.1) is 6.92 Å². The fourth-order valence-corrected chi connectivity index (χ4v) is 3.44. The number of benzene rings is 1. The minimum atomic E-state index is -0.0324. The van der Waals surface area contributed by atoms with Gasteiger partial charge in [0.25, 0.3) is 0 Å². The minimum Gasteiger partial charge on any atom is -0.493 e. The van der Waals surface area contributed by atoms with Crippen molar-refractivity contribution in [2.75, 3.05) is 13.2 Å². The van der Waals surface area contributed by atoms with Crippen LogP contribution in [0.1, 0.15) is 22.7 Å². The van der Waals surface area contributed by atoms with Crippen molar-refractivity contribution in [2.45, 2.75) is 25.2 Å². The molecule has 0 fully saturated rings. The number of hydrogen-bond donors (Lipinski definition) is 1. The molecule has 0 spiro atoms. The molecule has 1 aliphatic rings. The third kappa shape index (κ3) is 2.26. The highest BCUT2D eigenvalue weighted by molar-refractivity contribution is 7.09. The summed E-state index contributed by atoms with van der Waals surface area (Å²) in [4.78, 5) is 4.59. The number of nitrogens with zero attached hydrogens (tertiary/aromatic N) is 1. The molecule has 4 heteroatoms. The molecule has 1 aromatic carbocycles. The Hall–Kier alpha value is -1.39. The molecule has 1 aliphatic heterocycles. The number of para-hydroxylation sites is 1. The van der Waals surface area contributed by atoms with E-state index in [1.54, 1.807) is 11.3 Å². The largest absolute Gasteiger partial charge is 0.493 e. The summed E-state index contributed by atoms with van der Waals surface area (Å²) in [6.07, 6.45) is 1.85. The van der Waals surface area contributed by atoms with Gasteiger partial charge in [-0.15, -0.1) is 11.3 Å². The van der Waals surface area contributed by atoms with Crippen molar-refractivity contribution in [3.63, 3.8) is 0 Å². The summed E-state index contributed by atoms with van der Waals surface area (Å²) < 4.78 is 5.75. The lowest BCUT2D eigenvalue weighted by molar-refractivity contribution is 0.215. The van der Waals surface area contributed by atoms with Crippen molar-refractivity contribution in [3.05, 3.63) is 45.9 Å². The molecule has 0 saturated carbocycles. The van der Waals surface area contributed by atoms with Crippen LogP contribution >= 0.6 is 11.3 Å². The van der Waals surface area contributed by atoms with Crippen LogP contribution in [0.3, 0.4) is 0 Å². The first-order chi connectivity index (χ1) is 9.23. The second-order valence-electron chi connectivity index (χ2n) is 5.11. The van der Waals surface area contributed by atoms with Crippen molar-refractivity contribution in [2.24, 2.45) is 5.73 Å². The van der Waals surface area contributed by atoms with Gasteiger partial charge in [-0.1, -0.05) is 18.2 Å². The molecule has 2 N–H and O–H groups in total. The zero-order chi connectivity index (χ0) is 13.3. The van der Waals surface area contributed by atoms with E-state index in [4.69, 9.17) is 10.5 Å². The number of rotatable bonds is 3. The lowest BCUT2D eigenvalue weighted by Crippen LogP contribution is -2.41. The van der Waals surface area contributed by atoms with Crippen LogP contribution in [0.15, 0.2) is 29.6 Å². The molecule has 2 heterocycles. The Balaban J connectivity index is 2.00. The lowest BCUT2D eigenvalue weighted by atomic mass is 9.73. The van der Waals surface area contributed by atoms with Crippen LogP contribution in [0.2, 0.25) is 0 Å². The summed E-state index contributed by atoms with van der Waals surface area (Å²) in [5.41, 5.74) is 8.47. The normalized spacial score (nSPS) is 21.8. The van der Waals surface area contributed by atoms with Gasteiger partial charge in [-0.05, 0) is 19.4 Å². The molecule has 19 heavy (non-hydrogen) atoms. The van der Waals surface area contributed by atoms with E-state index in [1.807, 2.05) is 19.1 Å². The maximum atomic E-state index is 6.13. The molecule has 0 aliphatic carbocycles. The maximum absolute atomic E-state index is 6.13. The van der Waals surface area contributed by atoms with Gasteiger partial charge < -0.3 is 10.5 Å². The topological polar surface area (TPSA) is 48.1 Å². The average molecular weight is 274 g/mol. The highest BCUT2D eigenvalue weighted by Crippen LogP contribution is 2.40. The Morgan fingerprint density at radius 1 is 1.42 bits per heavy atom. The van der Waals surface area contributed by atoms with Crippen LogP contribution in [-0.2, 0) is 11.8 Å². The zero-order valence-corrected chi connectivity index (χ0v) is 11.9. The molecule has 0 bridgehead atoms. The Kier molecular flexibility index (Phi) is 3.29. The maximum Gasteiger partial charge on any atom is 0.123 e. The fourth-order valence-electron chi connectivity index (χ4n) is 2.83. The van der Waals surface area contributed by atoms with Gasteiger partial charge in [0.15, 0.2) is 0 Å². The van der Waals surface area contributed by atoms with Crippen molar-refractivity contribution in [1.29, 1.82) is 0 Å². The van der Waals surface area contributed by atoms with Crippen molar-refractivity contribution in [3.8, 4) is 5.75 Å². The minimum absolute atomic E-state index is 0.0324. The number of thiazole rings is 1. The quantitative estimate of drug-likeness (QED) is 0.936. The molecular formula is C15H18N2OS. The number of hydrogen-bond acceptors (Lipinski definition) is 4. The number of aryl methyl sites for hydroxylation is 1. The van der Waals surface area contributed by atoms with Gasteiger partial charge in [-0.3, -0.25) is 0 Å². The molecule has 3 nitrogen and oxygen atoms in total. The average Bonchev–Trinajstić information content (AvgIpc) is 2.84. The third-order valence-electron chi connectivity index (χ3n) is 3.87. The monoisotopic (exact) mass is 274 g/mol. The van der Waals surface area contributed by atoms with E-state index in [0.717, 1.165) is 35.9 Å². The van der Waals surface area contributed by atoms with Crippen LogP contribution in [-0.4, -0.2) is 18.1 Å². The summed E-state index contributed by atoms with van der Waals surface area (Å²) in [7, 11) is 0. The Bertz CT molecular complexity index is 581. The van der Waals surface area contributed by atoms with Crippen LogP contribution in [0.5, 0.6) is 5.75 Å². The molecule has 0 amide bonds. The predicted octanol–water partition coefficient (Wildman–Crippen LogP) is 2.67. The Labute approximate surface area is 117 Å². The molecule has 2 aromatic rings. The van der Waals surface area contributed by atoms with E-state index in [1.165, 1.54) is 5.56 Å². The number of ether oxygens (including phenoxy) is 1. The van der Waals surface area contributed by atoms with Crippen molar-refractivity contribution < 1.29 is 4.74 Å². The zero-order valence-electron chi connectivity index (χ0n) is 11.1. The Morgan fingerprint density at radius 2 is 2.26 bits per heavy atom. The van der Waals surface area contributed by atoms with Gasteiger partial charge in [0.05, 0.1) is 17.3 Å². The van der Waals surface area contributed by atoms with Gasteiger partial charge in [0, 0.05) is 29.3 Å². The molecule has 0 saturated heterocycles. The smallest absolute Gasteiger partial charge is 0.123 e. The highest BCUT2D eigenvalue weighted by atomic mass is 32.1. The lowest BCUT2D eigenvalue weighted by Gasteiger charge is -2.37. The molecule has 3 rings (SSSR count). The molecule has 1 aromatic heterocycles. The fraction of sp³-hybridized carbons (Fsp3) is 0.400. The summed E-state index contributed by atoms with van der Waals surface area (Å²) in [6.45, 7) is 3.41. The van der Waals surface area contributed by atoms with Gasteiger partial charge >= 0.3 is 0 Å². The molecular weight excluding hydrogens is 256 g/mol. The van der Waals surface area contributed by atoms with E-state index in [2.05, 4.69) is 22.5 Å². The van der Waals surface area contributed by atoms with Crippen LogP contribution in [0.25, 0.3) is 0 Å². The number of fused-ring (bicyclic) bond motifs is 1. The van der Waals surface area contributed by atoms with E-state index < -0.39 is 0 Å². The van der Waals surface area contributed by atoms with Gasteiger partial charge in [0.2, 0.25) is 0 Å². The first-order valence-corrected chi connectivity index (χ1v) is 7.45. The standard InChI is InChI=1S/C15H18N2OS/c1-11-17-12(9-19-11)8-15(10-16)6-7-18-14-5-3-2-4-13(14)15/h2-5,9H,6-8,10,16H2,1H3. The summed E-state index contributed by atoms with van der Waals surface area (Å²) >= 11 is 1.70. The third-order valence-corrected chi connectivity index (χ3v) is 4.70. The van der Waals surface area contributed by atoms with E-state index in [9.17, 15) is 0 Å². The highest BCUT2D eigenvalue weighted by Gasteiger charge is 2.37. The molecule has 0 radical (unpaired) electrons. The second-order valence-corrected chi connectivity index (χ2v) is 6.18. The summed E-state index contributed by atoms with van der Waals surface area (Å²) in [5.74, 6) is 0.978. The van der Waals surface area contributed by atoms with Gasteiger partial charge in [-0.25, -0.2) is 4.98 Å². The van der Waals surface area contributed by atoms with Gasteiger partial charge in [-0.2, -0.15) is 0 Å².